The van der Waals surface area contributed by atoms with Gasteiger partial charge in [0.2, 0.25) is 0 Å². The molecule has 0 aliphatic heterocycles. The van der Waals surface area contributed by atoms with Gasteiger partial charge in [0.05, 0.1) is 20.5 Å². The van der Waals surface area contributed by atoms with Crippen molar-refractivity contribution in [3.63, 3.8) is 0 Å². The van der Waals surface area contributed by atoms with Crippen LogP contribution in [0, 0.1) is 10.1 Å². The molecule has 0 aliphatic carbocycles. The smallest absolute Gasteiger partial charge is 0.312 e. The van der Waals surface area contributed by atoms with Gasteiger partial charge in [-0.1, -0.05) is 23.2 Å². The summed E-state index contributed by atoms with van der Waals surface area (Å²) in [6.45, 7) is 0. The molecule has 116 valence electrons. The molecule has 7 nitrogen and oxygen atoms in total. The average Bonchev–Trinajstić information content (AvgIpc) is 2.42. The monoisotopic (exact) mass is 362 g/mol. The number of nitrogens with zero attached hydrogens (tertiary/aromatic N) is 1. The van der Waals surface area contributed by atoms with Crippen molar-refractivity contribution in [2.45, 2.75) is 4.90 Å². The van der Waals surface area contributed by atoms with Gasteiger partial charge in [0.25, 0.3) is 10.0 Å². The van der Waals surface area contributed by atoms with Crippen LogP contribution in [-0.4, -0.2) is 18.4 Å². The summed E-state index contributed by atoms with van der Waals surface area (Å²) in [7, 11) is -4.11. The predicted octanol–water partition coefficient (Wildman–Crippen LogP) is 3.41. The van der Waals surface area contributed by atoms with Crippen LogP contribution >= 0.6 is 23.2 Å². The Balaban J connectivity index is 2.42. The van der Waals surface area contributed by atoms with Crippen molar-refractivity contribution in [1.29, 1.82) is 0 Å². The van der Waals surface area contributed by atoms with E-state index in [1.807, 2.05) is 0 Å². The zero-order chi connectivity index (χ0) is 16.5. The molecule has 0 radical (unpaired) electrons. The van der Waals surface area contributed by atoms with Crippen LogP contribution in [0.4, 0.5) is 11.4 Å². The molecule has 0 spiro atoms. The summed E-state index contributed by atoms with van der Waals surface area (Å²) in [4.78, 5) is 9.47. The van der Waals surface area contributed by atoms with Crippen molar-refractivity contribution < 1.29 is 18.4 Å². The molecule has 2 N–H and O–H groups in total. The van der Waals surface area contributed by atoms with Crippen molar-refractivity contribution >= 4 is 44.6 Å². The lowest BCUT2D eigenvalue weighted by Crippen LogP contribution is -2.13. The molecule has 0 aromatic heterocycles. The average molecular weight is 363 g/mol. The summed E-state index contributed by atoms with van der Waals surface area (Å²) in [5.74, 6) is -0.631. The quantitative estimate of drug-likeness (QED) is 0.639. The summed E-state index contributed by atoms with van der Waals surface area (Å²) >= 11 is 11.6. The lowest BCUT2D eigenvalue weighted by molar-refractivity contribution is -0.386. The van der Waals surface area contributed by atoms with Crippen LogP contribution in [0.2, 0.25) is 10.0 Å². The van der Waals surface area contributed by atoms with Gasteiger partial charge in [-0.25, -0.2) is 8.42 Å². The highest BCUT2D eigenvalue weighted by atomic mass is 35.5. The predicted molar refractivity (Wildman–Crippen MR) is 82.0 cm³/mol. The number of nitro groups is 1. The molecular weight excluding hydrogens is 355 g/mol. The Kier molecular flexibility index (Phi) is 4.45. The van der Waals surface area contributed by atoms with E-state index < -0.39 is 26.4 Å². The molecule has 0 aliphatic rings. The molecule has 22 heavy (non-hydrogen) atoms. The number of hydrogen-bond acceptors (Lipinski definition) is 5. The maximum absolute atomic E-state index is 12.2. The van der Waals surface area contributed by atoms with Gasteiger partial charge in [0.1, 0.15) is 0 Å². The molecule has 0 saturated heterocycles. The normalized spacial score (nSPS) is 11.2. The van der Waals surface area contributed by atoms with E-state index in [9.17, 15) is 23.6 Å². The summed E-state index contributed by atoms with van der Waals surface area (Å²) in [6, 6.07) is 6.86. The van der Waals surface area contributed by atoms with Crippen molar-refractivity contribution in [2.75, 3.05) is 4.72 Å². The molecule has 0 saturated carbocycles. The van der Waals surface area contributed by atoms with E-state index in [-0.39, 0.29) is 15.6 Å². The van der Waals surface area contributed by atoms with Gasteiger partial charge in [0.15, 0.2) is 5.75 Å². The Labute approximate surface area is 135 Å². The lowest BCUT2D eigenvalue weighted by atomic mass is 10.3. The fourth-order valence-electron chi connectivity index (χ4n) is 1.59. The lowest BCUT2D eigenvalue weighted by Gasteiger charge is -2.10. The van der Waals surface area contributed by atoms with Gasteiger partial charge in [-0.2, -0.15) is 0 Å². The van der Waals surface area contributed by atoms with E-state index in [0.717, 1.165) is 18.2 Å². The van der Waals surface area contributed by atoms with Gasteiger partial charge in [-0.15, -0.1) is 0 Å². The van der Waals surface area contributed by atoms with E-state index in [2.05, 4.69) is 4.72 Å². The number of rotatable bonds is 4. The van der Waals surface area contributed by atoms with Crippen LogP contribution in [-0.2, 0) is 10.0 Å². The Bertz CT molecular complexity index is 855. The zero-order valence-corrected chi connectivity index (χ0v) is 13.0. The van der Waals surface area contributed by atoms with Crippen molar-refractivity contribution in [1.82, 2.24) is 0 Å². The largest absolute Gasteiger partial charge is 0.502 e. The molecule has 2 rings (SSSR count). The first-order chi connectivity index (χ1) is 10.2. The zero-order valence-electron chi connectivity index (χ0n) is 10.7. The van der Waals surface area contributed by atoms with Gasteiger partial charge in [-0.05, 0) is 30.3 Å². The summed E-state index contributed by atoms with van der Waals surface area (Å²) in [5, 5.41) is 20.5. The van der Waals surface area contributed by atoms with Crippen LogP contribution in [0.3, 0.4) is 0 Å². The highest BCUT2D eigenvalue weighted by Crippen LogP contribution is 2.31. The van der Waals surface area contributed by atoms with Gasteiger partial charge in [-0.3, -0.25) is 14.8 Å². The molecule has 2 aromatic rings. The SMILES string of the molecule is O=[N+]([O-])c1cc(S(=O)(=O)Nc2ccc(Cl)cc2Cl)ccc1O. The fourth-order valence-corrected chi connectivity index (χ4v) is 3.20. The molecule has 0 heterocycles. The second kappa shape index (κ2) is 5.99. The van der Waals surface area contributed by atoms with Crippen LogP contribution in [0.25, 0.3) is 0 Å². The van der Waals surface area contributed by atoms with Crippen LogP contribution in [0.15, 0.2) is 41.3 Å². The van der Waals surface area contributed by atoms with Crippen LogP contribution in [0.1, 0.15) is 0 Å². The van der Waals surface area contributed by atoms with E-state index >= 15 is 0 Å². The standard InChI is InChI=1S/C12H8Cl2N2O5S/c13-7-1-3-10(9(14)5-7)15-22(20,21)8-2-4-12(17)11(6-8)16(18)19/h1-6,15,17H. The minimum atomic E-state index is -4.11. The third-order valence-electron chi connectivity index (χ3n) is 2.63. The molecular formula is C12H8Cl2N2O5S. The topological polar surface area (TPSA) is 110 Å². The molecule has 0 fully saturated rings. The van der Waals surface area contributed by atoms with E-state index in [1.54, 1.807) is 0 Å². The van der Waals surface area contributed by atoms with Crippen LogP contribution in [0.5, 0.6) is 5.75 Å². The molecule has 0 bridgehead atoms. The van der Waals surface area contributed by atoms with Crippen molar-refractivity contribution in [2.24, 2.45) is 0 Å². The number of nitro benzene ring substituents is 1. The number of phenols is 1. The van der Waals surface area contributed by atoms with E-state index in [4.69, 9.17) is 23.2 Å². The number of anilines is 1. The molecule has 0 atom stereocenters. The fraction of sp³-hybridized carbons (Fsp3) is 0. The maximum atomic E-state index is 12.2. The number of nitrogens with one attached hydrogen (secondary N) is 1. The highest BCUT2D eigenvalue weighted by molar-refractivity contribution is 7.92. The summed E-state index contributed by atoms with van der Waals surface area (Å²) < 4.78 is 26.6. The third kappa shape index (κ3) is 3.41. The second-order valence-corrected chi connectivity index (χ2v) is 6.66. The number of sulfonamides is 1. The highest BCUT2D eigenvalue weighted by Gasteiger charge is 2.22. The second-order valence-electron chi connectivity index (χ2n) is 4.14. The molecule has 10 heteroatoms. The van der Waals surface area contributed by atoms with Gasteiger partial charge in [0, 0.05) is 11.1 Å². The van der Waals surface area contributed by atoms with Crippen molar-refractivity contribution in [3.8, 4) is 5.75 Å². The Hall–Kier alpha value is -2.03. The number of benzene rings is 2. The molecule has 0 amide bonds. The first-order valence-electron chi connectivity index (χ1n) is 5.66. The number of phenolic OH excluding ortho intramolecular Hbond substituents is 1. The maximum Gasteiger partial charge on any atom is 0.312 e. The molecule has 2 aromatic carbocycles. The van der Waals surface area contributed by atoms with Crippen molar-refractivity contribution in [3.05, 3.63) is 56.6 Å². The number of halogens is 2. The minimum absolute atomic E-state index is 0.0711. The van der Waals surface area contributed by atoms with E-state index in [0.29, 0.717) is 5.02 Å². The van der Waals surface area contributed by atoms with Crippen LogP contribution < -0.4 is 4.72 Å². The Morgan fingerprint density at radius 2 is 1.82 bits per heavy atom. The first kappa shape index (κ1) is 16.3. The van der Waals surface area contributed by atoms with E-state index in [1.165, 1.54) is 18.2 Å². The first-order valence-corrected chi connectivity index (χ1v) is 7.90. The summed E-state index contributed by atoms with van der Waals surface area (Å²) in [5.41, 5.74) is -0.646. The third-order valence-corrected chi connectivity index (χ3v) is 4.54. The van der Waals surface area contributed by atoms with Gasteiger partial charge >= 0.3 is 5.69 Å². The Morgan fingerprint density at radius 3 is 2.41 bits per heavy atom. The molecule has 0 unspecified atom stereocenters. The summed E-state index contributed by atoms with van der Waals surface area (Å²) in [6.07, 6.45) is 0. The number of aromatic hydroxyl groups is 1. The number of hydrogen-bond donors (Lipinski definition) is 2. The van der Waals surface area contributed by atoms with Gasteiger partial charge < -0.3 is 5.11 Å². The Morgan fingerprint density at radius 1 is 1.14 bits per heavy atom. The minimum Gasteiger partial charge on any atom is -0.502 e.